The van der Waals surface area contributed by atoms with Crippen molar-refractivity contribution in [3.05, 3.63) is 24.3 Å². The molecule has 1 amide bonds. The zero-order chi connectivity index (χ0) is 11.8. The highest BCUT2D eigenvalue weighted by molar-refractivity contribution is 5.89. The summed E-state index contributed by atoms with van der Waals surface area (Å²) in [6.45, 7) is 2.24. The molecule has 1 rings (SSSR count). The molecule has 0 heterocycles. The number of carbonyl (C=O) groups excluding carboxylic acids is 1. The number of amides is 1. The summed E-state index contributed by atoms with van der Waals surface area (Å²) in [7, 11) is 0. The summed E-state index contributed by atoms with van der Waals surface area (Å²) in [4.78, 5) is 10.9. The second-order valence-corrected chi connectivity index (χ2v) is 3.45. The first-order chi connectivity index (χ1) is 7.72. The number of nitrogens with one attached hydrogen (secondary N) is 2. The van der Waals surface area contributed by atoms with Gasteiger partial charge in [0.05, 0.1) is 6.07 Å². The van der Waals surface area contributed by atoms with Crippen molar-refractivity contribution in [3.63, 3.8) is 0 Å². The van der Waals surface area contributed by atoms with Crippen LogP contribution in [0.1, 0.15) is 19.8 Å². The second kappa shape index (κ2) is 6.46. The molecule has 0 bridgehead atoms. The predicted molar refractivity (Wildman–Crippen MR) is 64.1 cm³/mol. The van der Waals surface area contributed by atoms with Gasteiger partial charge in [0.1, 0.15) is 0 Å². The van der Waals surface area contributed by atoms with E-state index in [9.17, 15) is 4.79 Å². The van der Waals surface area contributed by atoms with Crippen molar-refractivity contribution in [2.45, 2.75) is 19.8 Å². The summed E-state index contributed by atoms with van der Waals surface area (Å²) in [5.74, 6) is -0.0818. The lowest BCUT2D eigenvalue weighted by atomic mass is 10.2. The smallest absolute Gasteiger partial charge is 0.221 e. The number of anilines is 2. The molecule has 0 spiro atoms. The molecule has 0 fully saturated rings. The third kappa shape index (κ3) is 4.47. The van der Waals surface area contributed by atoms with Gasteiger partial charge in [-0.05, 0) is 24.6 Å². The van der Waals surface area contributed by atoms with Gasteiger partial charge in [-0.25, -0.2) is 0 Å². The fourth-order valence-corrected chi connectivity index (χ4v) is 1.31. The molecule has 0 atom stereocenters. The van der Waals surface area contributed by atoms with Gasteiger partial charge in [0.15, 0.2) is 0 Å². The van der Waals surface area contributed by atoms with E-state index in [2.05, 4.69) is 16.7 Å². The largest absolute Gasteiger partial charge is 0.385 e. The molecule has 4 nitrogen and oxygen atoms in total. The van der Waals surface area contributed by atoms with E-state index in [0.717, 1.165) is 24.3 Å². The molecule has 0 aliphatic heterocycles. The van der Waals surface area contributed by atoms with E-state index in [1.54, 1.807) is 0 Å². The number of carbonyl (C=O) groups is 1. The molecule has 2 N–H and O–H groups in total. The Kier molecular flexibility index (Phi) is 4.87. The van der Waals surface area contributed by atoms with Gasteiger partial charge in [0.2, 0.25) is 5.91 Å². The molecule has 0 aliphatic carbocycles. The highest BCUT2D eigenvalue weighted by Gasteiger charge is 1.97. The van der Waals surface area contributed by atoms with E-state index in [1.807, 2.05) is 24.3 Å². The standard InChI is InChI=1S/C12H15N3O/c1-10(16)15-12-6-4-5-11(9-12)14-8-3-2-7-13/h4-6,9,14H,2-3,8H2,1H3,(H,15,16). The van der Waals surface area contributed by atoms with E-state index < -0.39 is 0 Å². The van der Waals surface area contributed by atoms with Gasteiger partial charge in [-0.15, -0.1) is 0 Å². The van der Waals surface area contributed by atoms with Crippen LogP contribution < -0.4 is 10.6 Å². The summed E-state index contributed by atoms with van der Waals surface area (Å²) < 4.78 is 0. The summed E-state index contributed by atoms with van der Waals surface area (Å²) in [5, 5.41) is 14.3. The van der Waals surface area contributed by atoms with Crippen LogP contribution in [0.3, 0.4) is 0 Å². The molecular weight excluding hydrogens is 202 g/mol. The summed E-state index contributed by atoms with van der Waals surface area (Å²) in [5.41, 5.74) is 1.72. The summed E-state index contributed by atoms with van der Waals surface area (Å²) >= 11 is 0. The van der Waals surface area contributed by atoms with Crippen LogP contribution in [0, 0.1) is 11.3 Å². The summed E-state index contributed by atoms with van der Waals surface area (Å²) in [6, 6.07) is 9.60. The number of hydrogen-bond donors (Lipinski definition) is 2. The maximum atomic E-state index is 10.9. The van der Waals surface area contributed by atoms with Crippen LogP contribution in [0.5, 0.6) is 0 Å². The highest BCUT2D eigenvalue weighted by Crippen LogP contribution is 2.14. The molecule has 0 saturated carbocycles. The third-order valence-corrected chi connectivity index (χ3v) is 1.98. The Balaban J connectivity index is 2.47. The van der Waals surface area contributed by atoms with Crippen LogP contribution in [0.2, 0.25) is 0 Å². The van der Waals surface area contributed by atoms with E-state index in [-0.39, 0.29) is 5.91 Å². The molecule has 0 radical (unpaired) electrons. The fraction of sp³-hybridized carbons (Fsp3) is 0.333. The van der Waals surface area contributed by atoms with Crippen LogP contribution in [-0.4, -0.2) is 12.5 Å². The molecular formula is C12H15N3O. The lowest BCUT2D eigenvalue weighted by Crippen LogP contribution is -2.06. The molecule has 16 heavy (non-hydrogen) atoms. The maximum absolute atomic E-state index is 10.9. The van der Waals surface area contributed by atoms with E-state index in [4.69, 9.17) is 5.26 Å². The Labute approximate surface area is 95.3 Å². The lowest BCUT2D eigenvalue weighted by molar-refractivity contribution is -0.114. The Hall–Kier alpha value is -2.02. The summed E-state index contributed by atoms with van der Waals surface area (Å²) in [6.07, 6.45) is 1.37. The monoisotopic (exact) mass is 217 g/mol. The Morgan fingerprint density at radius 2 is 2.19 bits per heavy atom. The average molecular weight is 217 g/mol. The molecule has 1 aromatic carbocycles. The van der Waals surface area contributed by atoms with Gasteiger partial charge in [0, 0.05) is 31.3 Å². The van der Waals surface area contributed by atoms with Crippen molar-refractivity contribution in [2.24, 2.45) is 0 Å². The Morgan fingerprint density at radius 3 is 2.88 bits per heavy atom. The number of hydrogen-bond acceptors (Lipinski definition) is 3. The van der Waals surface area contributed by atoms with Crippen molar-refractivity contribution < 1.29 is 4.79 Å². The quantitative estimate of drug-likeness (QED) is 0.744. The van der Waals surface area contributed by atoms with E-state index in [0.29, 0.717) is 6.42 Å². The molecule has 1 aromatic rings. The topological polar surface area (TPSA) is 64.9 Å². The number of benzene rings is 1. The third-order valence-electron chi connectivity index (χ3n) is 1.98. The molecule has 0 unspecified atom stereocenters. The van der Waals surface area contributed by atoms with Gasteiger partial charge in [0.25, 0.3) is 0 Å². The number of nitriles is 1. The molecule has 0 saturated heterocycles. The number of rotatable bonds is 5. The van der Waals surface area contributed by atoms with Crippen LogP contribution in [0.25, 0.3) is 0 Å². The zero-order valence-corrected chi connectivity index (χ0v) is 9.29. The van der Waals surface area contributed by atoms with E-state index >= 15 is 0 Å². The van der Waals surface area contributed by atoms with Gasteiger partial charge in [-0.2, -0.15) is 5.26 Å². The Morgan fingerprint density at radius 1 is 1.44 bits per heavy atom. The molecule has 0 aromatic heterocycles. The average Bonchev–Trinajstić information content (AvgIpc) is 2.24. The minimum absolute atomic E-state index is 0.0818. The SMILES string of the molecule is CC(=O)Nc1cccc(NCCCC#N)c1. The first kappa shape index (κ1) is 12.1. The second-order valence-electron chi connectivity index (χ2n) is 3.45. The van der Waals surface area contributed by atoms with Gasteiger partial charge in [-0.3, -0.25) is 4.79 Å². The van der Waals surface area contributed by atoms with Crippen molar-refractivity contribution in [3.8, 4) is 6.07 Å². The minimum atomic E-state index is -0.0818. The zero-order valence-electron chi connectivity index (χ0n) is 9.29. The van der Waals surface area contributed by atoms with Gasteiger partial charge >= 0.3 is 0 Å². The number of nitrogens with zero attached hydrogens (tertiary/aromatic N) is 1. The molecule has 84 valence electrons. The van der Waals surface area contributed by atoms with Crippen molar-refractivity contribution >= 4 is 17.3 Å². The van der Waals surface area contributed by atoms with Crippen molar-refractivity contribution in [1.29, 1.82) is 5.26 Å². The molecule has 0 aliphatic rings. The van der Waals surface area contributed by atoms with Gasteiger partial charge < -0.3 is 10.6 Å². The lowest BCUT2D eigenvalue weighted by Gasteiger charge is -2.07. The van der Waals surface area contributed by atoms with Crippen LogP contribution in [-0.2, 0) is 4.79 Å². The fourth-order valence-electron chi connectivity index (χ4n) is 1.31. The minimum Gasteiger partial charge on any atom is -0.385 e. The van der Waals surface area contributed by atoms with Crippen LogP contribution >= 0.6 is 0 Å². The first-order valence-corrected chi connectivity index (χ1v) is 5.21. The van der Waals surface area contributed by atoms with Crippen LogP contribution in [0.4, 0.5) is 11.4 Å². The Bertz CT molecular complexity index is 395. The van der Waals surface area contributed by atoms with Crippen LogP contribution in [0.15, 0.2) is 24.3 Å². The van der Waals surface area contributed by atoms with E-state index in [1.165, 1.54) is 6.92 Å². The highest BCUT2D eigenvalue weighted by atomic mass is 16.1. The van der Waals surface area contributed by atoms with Gasteiger partial charge in [-0.1, -0.05) is 6.07 Å². The predicted octanol–water partition coefficient (Wildman–Crippen LogP) is 2.36. The van der Waals surface area contributed by atoms with Crippen molar-refractivity contribution in [2.75, 3.05) is 17.2 Å². The molecule has 4 heteroatoms. The number of unbranched alkanes of at least 4 members (excludes halogenated alkanes) is 1. The van der Waals surface area contributed by atoms with Crippen molar-refractivity contribution in [1.82, 2.24) is 0 Å². The normalized spacial score (nSPS) is 9.25. The maximum Gasteiger partial charge on any atom is 0.221 e. The first-order valence-electron chi connectivity index (χ1n) is 5.21.